The maximum absolute atomic E-state index is 2.66. The highest BCUT2D eigenvalue weighted by atomic mass is 15.4. The molecule has 0 saturated heterocycles. The van der Waals surface area contributed by atoms with Gasteiger partial charge in [-0.25, -0.2) is 0 Å². The van der Waals surface area contributed by atoms with Crippen LogP contribution in [0.2, 0.25) is 0 Å². The van der Waals surface area contributed by atoms with Gasteiger partial charge < -0.3 is 9.80 Å². The topological polar surface area (TPSA) is 6.48 Å². The van der Waals surface area contributed by atoms with E-state index >= 15 is 0 Å². The molecule has 0 aromatic heterocycles. The first-order chi connectivity index (χ1) is 16.3. The molecule has 2 nitrogen and oxygen atoms in total. The van der Waals surface area contributed by atoms with E-state index in [4.69, 9.17) is 0 Å². The van der Waals surface area contributed by atoms with Crippen molar-refractivity contribution < 1.29 is 0 Å². The van der Waals surface area contributed by atoms with Gasteiger partial charge in [0.25, 0.3) is 0 Å². The van der Waals surface area contributed by atoms with Crippen LogP contribution in [0.25, 0.3) is 0 Å². The third-order valence-electron chi connectivity index (χ3n) is 7.53. The van der Waals surface area contributed by atoms with Crippen molar-refractivity contribution in [2.24, 2.45) is 0 Å². The highest BCUT2D eigenvalue weighted by Gasteiger charge is 2.24. The van der Waals surface area contributed by atoms with Gasteiger partial charge in [-0.1, -0.05) is 143 Å². The lowest BCUT2D eigenvalue weighted by Crippen LogP contribution is -2.39. The Kier molecular flexibility index (Phi) is 21.3. The Labute approximate surface area is 210 Å². The Bertz CT molecular complexity index is 419. The molecular weight excluding hydrogens is 400 g/mol. The summed E-state index contributed by atoms with van der Waals surface area (Å²) in [4.78, 5) is 5.28. The van der Waals surface area contributed by atoms with Gasteiger partial charge in [0.1, 0.15) is 6.17 Å². The predicted octanol–water partition coefficient (Wildman–Crippen LogP) is 10.4. The summed E-state index contributed by atoms with van der Waals surface area (Å²) in [5.41, 5.74) is 0. The second kappa shape index (κ2) is 23.1. The van der Waals surface area contributed by atoms with Crippen LogP contribution < -0.4 is 0 Å². The summed E-state index contributed by atoms with van der Waals surface area (Å²) in [6, 6.07) is 0. The Morgan fingerprint density at radius 3 is 1.18 bits per heavy atom. The molecule has 1 rings (SSSR count). The molecule has 1 unspecified atom stereocenters. The molecule has 33 heavy (non-hydrogen) atoms. The van der Waals surface area contributed by atoms with Crippen molar-refractivity contribution in [3.05, 3.63) is 12.4 Å². The maximum atomic E-state index is 2.66. The molecule has 0 N–H and O–H groups in total. The Balaban J connectivity index is 2.04. The highest BCUT2D eigenvalue weighted by molar-refractivity contribution is 4.96. The van der Waals surface area contributed by atoms with Crippen LogP contribution in [0.1, 0.15) is 168 Å². The highest BCUT2D eigenvalue weighted by Crippen LogP contribution is 2.23. The number of nitrogens with zero attached hydrogens (tertiary/aromatic N) is 2. The number of hydrogen-bond donors (Lipinski definition) is 0. The molecular formula is C31H62N2. The zero-order valence-corrected chi connectivity index (χ0v) is 23.3. The van der Waals surface area contributed by atoms with Gasteiger partial charge in [-0.2, -0.15) is 0 Å². The van der Waals surface area contributed by atoms with Crippen LogP contribution in [-0.2, 0) is 0 Å². The van der Waals surface area contributed by atoms with Crippen LogP contribution >= 0.6 is 0 Å². The molecule has 0 radical (unpaired) electrons. The minimum Gasteiger partial charge on any atom is -0.356 e. The average Bonchev–Trinajstić information content (AvgIpc) is 3.20. The van der Waals surface area contributed by atoms with Gasteiger partial charge in [-0.05, 0) is 25.7 Å². The van der Waals surface area contributed by atoms with Crippen LogP contribution in [-0.4, -0.2) is 29.1 Å². The maximum Gasteiger partial charge on any atom is 0.101 e. The second-order valence-electron chi connectivity index (χ2n) is 10.8. The summed E-state index contributed by atoms with van der Waals surface area (Å²) in [5, 5.41) is 0. The summed E-state index contributed by atoms with van der Waals surface area (Å²) in [5.74, 6) is 0. The largest absolute Gasteiger partial charge is 0.356 e. The second-order valence-corrected chi connectivity index (χ2v) is 10.8. The van der Waals surface area contributed by atoms with Gasteiger partial charge in [-0.15, -0.1) is 0 Å². The van der Waals surface area contributed by atoms with E-state index in [9.17, 15) is 0 Å². The normalized spacial score (nSPS) is 15.8. The quantitative estimate of drug-likeness (QED) is 0.124. The fourth-order valence-corrected chi connectivity index (χ4v) is 5.37. The lowest BCUT2D eigenvalue weighted by Gasteiger charge is -2.33. The minimum atomic E-state index is 0.641. The third-order valence-corrected chi connectivity index (χ3v) is 7.53. The number of hydrogen-bond acceptors (Lipinski definition) is 2. The van der Waals surface area contributed by atoms with E-state index in [1.807, 2.05) is 0 Å². The molecule has 1 aliphatic heterocycles. The molecule has 0 saturated carbocycles. The summed E-state index contributed by atoms with van der Waals surface area (Å²) in [6.45, 7) is 9.40. The van der Waals surface area contributed by atoms with E-state index in [0.717, 1.165) is 0 Å². The van der Waals surface area contributed by atoms with Gasteiger partial charge in [0.2, 0.25) is 0 Å². The van der Waals surface area contributed by atoms with E-state index in [2.05, 4.69) is 43.0 Å². The van der Waals surface area contributed by atoms with Crippen LogP contribution in [0.5, 0.6) is 0 Å². The van der Waals surface area contributed by atoms with Gasteiger partial charge in [0, 0.05) is 25.5 Å². The van der Waals surface area contributed by atoms with E-state index in [-0.39, 0.29) is 0 Å². The van der Waals surface area contributed by atoms with Crippen molar-refractivity contribution in [2.45, 2.75) is 175 Å². The van der Waals surface area contributed by atoms with E-state index in [1.54, 1.807) is 0 Å². The van der Waals surface area contributed by atoms with Crippen molar-refractivity contribution in [3.63, 3.8) is 0 Å². The average molecular weight is 463 g/mol. The molecule has 0 amide bonds. The first kappa shape index (κ1) is 30.4. The molecule has 0 aromatic carbocycles. The monoisotopic (exact) mass is 462 g/mol. The van der Waals surface area contributed by atoms with Crippen molar-refractivity contribution in [1.29, 1.82) is 0 Å². The summed E-state index contributed by atoms with van der Waals surface area (Å²) in [7, 11) is 0. The summed E-state index contributed by atoms with van der Waals surface area (Å²) in [6.07, 6.45) is 38.2. The molecule has 0 aliphatic carbocycles. The molecule has 0 bridgehead atoms. The molecule has 1 atom stereocenters. The lowest BCUT2D eigenvalue weighted by molar-refractivity contribution is 0.137. The van der Waals surface area contributed by atoms with Crippen molar-refractivity contribution in [1.82, 2.24) is 9.80 Å². The van der Waals surface area contributed by atoms with Crippen LogP contribution in [0.3, 0.4) is 0 Å². The Morgan fingerprint density at radius 2 is 0.758 bits per heavy atom. The van der Waals surface area contributed by atoms with Crippen LogP contribution in [0.4, 0.5) is 0 Å². The van der Waals surface area contributed by atoms with E-state index in [0.29, 0.717) is 6.17 Å². The van der Waals surface area contributed by atoms with Crippen LogP contribution in [0, 0.1) is 0 Å². The third kappa shape index (κ3) is 16.6. The predicted molar refractivity (Wildman–Crippen MR) is 150 cm³/mol. The molecule has 0 spiro atoms. The Morgan fingerprint density at radius 1 is 0.394 bits per heavy atom. The smallest absolute Gasteiger partial charge is 0.101 e. The van der Waals surface area contributed by atoms with Crippen LogP contribution in [0.15, 0.2) is 12.4 Å². The van der Waals surface area contributed by atoms with Gasteiger partial charge in [0.05, 0.1) is 0 Å². The van der Waals surface area contributed by atoms with E-state index < -0.39 is 0 Å². The number of rotatable bonds is 25. The van der Waals surface area contributed by atoms with Crippen molar-refractivity contribution in [3.8, 4) is 0 Å². The first-order valence-corrected chi connectivity index (χ1v) is 15.5. The molecule has 1 aliphatic rings. The Hall–Kier alpha value is -0.660. The molecule has 196 valence electrons. The number of unbranched alkanes of at least 4 members (excludes halogenated alkanes) is 19. The molecule has 0 aromatic rings. The zero-order valence-electron chi connectivity index (χ0n) is 23.3. The molecule has 2 heteroatoms. The van der Waals surface area contributed by atoms with Gasteiger partial charge >= 0.3 is 0 Å². The van der Waals surface area contributed by atoms with Crippen molar-refractivity contribution >= 4 is 0 Å². The SMILES string of the molecule is CCCCCCCCCCCCCCCN1C=CN(CCC)C1CCCCCCCCCC. The van der Waals surface area contributed by atoms with Gasteiger partial charge in [0.15, 0.2) is 0 Å². The standard InChI is InChI=1S/C31H62N2/c1-4-7-9-11-13-15-16-17-18-19-21-23-25-28-33-30-29-32(27-6-3)31(33)26-24-22-20-14-12-10-8-5-2/h29-31H,4-28H2,1-3H3. The zero-order chi connectivity index (χ0) is 23.8. The minimum absolute atomic E-state index is 0.641. The molecule has 1 heterocycles. The fourth-order valence-electron chi connectivity index (χ4n) is 5.37. The fraction of sp³-hybridized carbons (Fsp3) is 0.935. The summed E-state index contributed by atoms with van der Waals surface area (Å²) >= 11 is 0. The van der Waals surface area contributed by atoms with Gasteiger partial charge in [-0.3, -0.25) is 0 Å². The molecule has 0 fully saturated rings. The lowest BCUT2D eigenvalue weighted by atomic mass is 10.0. The summed E-state index contributed by atoms with van der Waals surface area (Å²) < 4.78 is 0. The first-order valence-electron chi connectivity index (χ1n) is 15.5. The van der Waals surface area contributed by atoms with E-state index in [1.165, 1.54) is 161 Å². The van der Waals surface area contributed by atoms with Crippen molar-refractivity contribution in [2.75, 3.05) is 13.1 Å².